The van der Waals surface area contributed by atoms with Crippen molar-refractivity contribution in [3.63, 3.8) is 0 Å². The molecule has 0 radical (unpaired) electrons. The summed E-state index contributed by atoms with van der Waals surface area (Å²) in [5.41, 5.74) is 6.64. The van der Waals surface area contributed by atoms with Crippen LogP contribution in [0.25, 0.3) is 11.3 Å². The molecule has 4 amide bonds. The molecule has 2 unspecified atom stereocenters. The molecular weight excluding hydrogens is 974 g/mol. The van der Waals surface area contributed by atoms with Crippen molar-refractivity contribution in [3.8, 4) is 0 Å². The van der Waals surface area contributed by atoms with Crippen LogP contribution in [0.5, 0.6) is 0 Å². The standard InChI is InChI=1S/C25H30ClFN6O2.C24H28ClFN6O2.CH2O2/c1-14(32(3)4)19-12-28-23-20(13-29-33(23)15(19)2)25(35)30-18-8-5-16(6-9-18)24(34)31-22-10-7-17(27)11-21(22)26;1-13(27-3)18-11-28-22-19(12-29-32(22)14(18)2)24(34)30-17-7-4-15(5-8-17)23(33)31-21-9-6-16(26)10-20(21)25;2-1-3/h7,10-14,16,18H,5-6,8-9H2,1-4H3,(H,30,35)(H,31,34);6,9-13,15,17,27H,4-5,7-8H2,1-3H3,(H,30,34)(H,31,33);1H,(H,2,3). The van der Waals surface area contributed by atoms with Crippen molar-refractivity contribution in [1.82, 2.24) is 50.0 Å². The third kappa shape index (κ3) is 13.1. The molecule has 8 rings (SSSR count). The largest absolute Gasteiger partial charge is 0.483 e. The molecule has 2 aliphatic carbocycles. The van der Waals surface area contributed by atoms with Gasteiger partial charge in [0.15, 0.2) is 11.3 Å². The Bertz CT molecular complexity index is 2920. The van der Waals surface area contributed by atoms with Gasteiger partial charge in [-0.15, -0.1) is 0 Å². The monoisotopic (exact) mass is 1030 g/mol. The summed E-state index contributed by atoms with van der Waals surface area (Å²) in [5, 5.41) is 30.9. The maximum Gasteiger partial charge on any atom is 0.290 e. The Morgan fingerprint density at radius 3 is 1.46 bits per heavy atom. The first kappa shape index (κ1) is 54.7. The summed E-state index contributed by atoms with van der Waals surface area (Å²) < 4.78 is 29.9. The molecule has 2 aliphatic rings. The summed E-state index contributed by atoms with van der Waals surface area (Å²) >= 11 is 12.0. The summed E-state index contributed by atoms with van der Waals surface area (Å²) in [6.45, 7) is 7.82. The number of anilines is 2. The Balaban J connectivity index is 0.000000223. The maximum absolute atomic E-state index is 13.2. The van der Waals surface area contributed by atoms with Crippen molar-refractivity contribution in [2.75, 3.05) is 31.8 Å². The maximum atomic E-state index is 13.2. The van der Waals surface area contributed by atoms with Gasteiger partial charge in [0.1, 0.15) is 22.8 Å². The highest BCUT2D eigenvalue weighted by atomic mass is 35.5. The van der Waals surface area contributed by atoms with E-state index in [0.29, 0.717) is 85.2 Å². The number of rotatable bonds is 12. The van der Waals surface area contributed by atoms with Crippen LogP contribution in [0, 0.1) is 37.3 Å². The molecule has 72 heavy (non-hydrogen) atoms. The van der Waals surface area contributed by atoms with Gasteiger partial charge in [0.2, 0.25) is 11.8 Å². The average Bonchev–Trinajstić information content (AvgIpc) is 4.00. The molecule has 2 atom stereocenters. The lowest BCUT2D eigenvalue weighted by Crippen LogP contribution is -2.39. The number of benzene rings is 2. The molecule has 18 nitrogen and oxygen atoms in total. The minimum absolute atomic E-state index is 0.0365. The lowest BCUT2D eigenvalue weighted by Gasteiger charge is -2.28. The second-order valence-electron chi connectivity index (χ2n) is 18.2. The number of carbonyl (C=O) groups is 5. The molecule has 4 aromatic heterocycles. The van der Waals surface area contributed by atoms with Crippen LogP contribution in [0.1, 0.15) is 121 Å². The highest BCUT2D eigenvalue weighted by Crippen LogP contribution is 2.31. The van der Waals surface area contributed by atoms with Gasteiger partial charge in [-0.25, -0.2) is 27.8 Å². The second-order valence-corrected chi connectivity index (χ2v) is 19.0. The van der Waals surface area contributed by atoms with E-state index in [4.69, 9.17) is 33.1 Å². The SMILES string of the molecule is CNC(C)c1cnc2c(C(=O)NC3CCC(C(=O)Nc4ccc(F)cc4Cl)CC3)cnn2c1C.Cc1c(C(C)N(C)C)cnc2c(C(=O)NC3CCC(C(=O)Nc4ccc(F)cc4Cl)CC3)cnn12.O=CO. The van der Waals surface area contributed by atoms with E-state index in [0.717, 1.165) is 22.5 Å². The third-order valence-electron chi connectivity index (χ3n) is 13.5. The Morgan fingerprint density at radius 2 is 1.08 bits per heavy atom. The minimum atomic E-state index is -0.455. The second kappa shape index (κ2) is 24.7. The van der Waals surface area contributed by atoms with Gasteiger partial charge in [-0.3, -0.25) is 24.0 Å². The zero-order chi connectivity index (χ0) is 52.4. The van der Waals surface area contributed by atoms with Gasteiger partial charge in [0, 0.05) is 70.9 Å². The van der Waals surface area contributed by atoms with Gasteiger partial charge >= 0.3 is 0 Å². The van der Waals surface area contributed by atoms with Crippen LogP contribution in [-0.2, 0) is 14.4 Å². The first-order chi connectivity index (χ1) is 34.3. The van der Waals surface area contributed by atoms with Gasteiger partial charge in [0.05, 0.1) is 33.8 Å². The first-order valence-corrected chi connectivity index (χ1v) is 24.3. The Morgan fingerprint density at radius 1 is 0.694 bits per heavy atom. The first-order valence-electron chi connectivity index (χ1n) is 23.6. The van der Waals surface area contributed by atoms with E-state index in [2.05, 4.69) is 58.6 Å². The molecule has 2 saturated carbocycles. The number of carbonyl (C=O) groups excluding carboxylic acids is 4. The predicted octanol–water partition coefficient (Wildman–Crippen LogP) is 8.12. The van der Waals surface area contributed by atoms with Crippen LogP contribution in [0.15, 0.2) is 61.2 Å². The molecule has 0 aliphatic heterocycles. The van der Waals surface area contributed by atoms with E-state index in [1.165, 1.54) is 36.4 Å². The van der Waals surface area contributed by atoms with Gasteiger partial charge in [-0.05, 0) is 137 Å². The molecule has 4 heterocycles. The number of amides is 4. The fraction of sp³-hybridized carbons (Fsp3) is 0.420. The van der Waals surface area contributed by atoms with E-state index in [9.17, 15) is 28.0 Å². The van der Waals surface area contributed by atoms with Crippen LogP contribution in [0.3, 0.4) is 0 Å². The lowest BCUT2D eigenvalue weighted by atomic mass is 9.85. The number of nitrogens with one attached hydrogen (secondary N) is 5. The van der Waals surface area contributed by atoms with Crippen molar-refractivity contribution in [1.29, 1.82) is 0 Å². The molecule has 0 spiro atoms. The zero-order valence-corrected chi connectivity index (χ0v) is 42.6. The number of carboxylic acid groups (broad SMARTS) is 1. The van der Waals surface area contributed by atoms with Gasteiger partial charge in [-0.2, -0.15) is 10.2 Å². The van der Waals surface area contributed by atoms with Crippen molar-refractivity contribution < 1.29 is 37.9 Å². The van der Waals surface area contributed by atoms with Crippen LogP contribution in [0.4, 0.5) is 20.2 Å². The van der Waals surface area contributed by atoms with E-state index < -0.39 is 11.6 Å². The number of fused-ring (bicyclic) bond motifs is 2. The Kier molecular flexibility index (Phi) is 18.8. The highest BCUT2D eigenvalue weighted by Gasteiger charge is 2.31. The summed E-state index contributed by atoms with van der Waals surface area (Å²) in [6.07, 6.45) is 11.9. The van der Waals surface area contributed by atoms with E-state index in [-0.39, 0.29) is 76.1 Å². The Hall–Kier alpha value is -6.61. The quantitative estimate of drug-likeness (QED) is 0.0639. The van der Waals surface area contributed by atoms with E-state index in [1.807, 2.05) is 48.1 Å². The van der Waals surface area contributed by atoms with Crippen LogP contribution in [0.2, 0.25) is 10.0 Å². The molecule has 2 aromatic carbocycles. The predicted molar refractivity (Wildman–Crippen MR) is 270 cm³/mol. The Labute approximate surface area is 425 Å². The van der Waals surface area contributed by atoms with Crippen molar-refractivity contribution >= 4 is 76.0 Å². The summed E-state index contributed by atoms with van der Waals surface area (Å²) in [7, 11) is 5.89. The van der Waals surface area contributed by atoms with Crippen molar-refractivity contribution in [2.24, 2.45) is 11.8 Å². The molecule has 0 bridgehead atoms. The van der Waals surface area contributed by atoms with Crippen LogP contribution < -0.4 is 26.6 Å². The average molecular weight is 1030 g/mol. The van der Waals surface area contributed by atoms with Crippen molar-refractivity contribution in [3.05, 3.63) is 117 Å². The zero-order valence-electron chi connectivity index (χ0n) is 41.1. The van der Waals surface area contributed by atoms with E-state index >= 15 is 0 Å². The fourth-order valence-corrected chi connectivity index (χ4v) is 9.31. The molecule has 2 fully saturated rings. The van der Waals surface area contributed by atoms with Crippen molar-refractivity contribution in [2.45, 2.75) is 103 Å². The third-order valence-corrected chi connectivity index (χ3v) is 14.1. The van der Waals surface area contributed by atoms with E-state index in [1.54, 1.807) is 27.6 Å². The lowest BCUT2D eigenvalue weighted by molar-refractivity contribution is -0.123. The number of halogens is 4. The number of aromatic nitrogens is 6. The molecule has 6 N–H and O–H groups in total. The molecule has 6 aromatic rings. The van der Waals surface area contributed by atoms with Gasteiger partial charge in [-0.1, -0.05) is 23.2 Å². The fourth-order valence-electron chi connectivity index (χ4n) is 8.88. The molecular formula is C50H60Cl2F2N12O6. The minimum Gasteiger partial charge on any atom is -0.483 e. The topological polar surface area (TPSA) is 229 Å². The normalized spacial score (nSPS) is 18.4. The van der Waals surface area contributed by atoms with Gasteiger partial charge < -0.3 is 36.6 Å². The number of aryl methyl sites for hydroxylation is 2. The number of hydrogen-bond donors (Lipinski definition) is 6. The highest BCUT2D eigenvalue weighted by molar-refractivity contribution is 6.34. The smallest absolute Gasteiger partial charge is 0.290 e. The van der Waals surface area contributed by atoms with Crippen LogP contribution >= 0.6 is 23.2 Å². The number of nitrogens with zero attached hydrogens (tertiary/aromatic N) is 7. The summed E-state index contributed by atoms with van der Waals surface area (Å²) in [6, 6.07) is 7.97. The summed E-state index contributed by atoms with van der Waals surface area (Å²) in [5.74, 6) is -2.02. The molecule has 384 valence electrons. The van der Waals surface area contributed by atoms with Crippen LogP contribution in [-0.4, -0.2) is 103 Å². The molecule has 0 saturated heterocycles. The molecule has 22 heteroatoms. The summed E-state index contributed by atoms with van der Waals surface area (Å²) in [4.78, 5) is 70.7. The number of hydrogen-bond acceptors (Lipinski definition) is 11. The van der Waals surface area contributed by atoms with Gasteiger partial charge in [0.25, 0.3) is 18.3 Å².